The van der Waals surface area contributed by atoms with Gasteiger partial charge in [-0.15, -0.1) is 0 Å². The van der Waals surface area contributed by atoms with Crippen LogP contribution in [0.5, 0.6) is 0 Å². The molecule has 1 fully saturated rings. The number of hydrogen-bond donors (Lipinski definition) is 1. The molecule has 1 heterocycles. The van der Waals surface area contributed by atoms with E-state index in [1.54, 1.807) is 13.8 Å². The Hall–Kier alpha value is -1.56. The second-order valence-electron chi connectivity index (χ2n) is 6.31. The number of likely N-dealkylation sites (tertiary alicyclic amines) is 1. The quantitative estimate of drug-likeness (QED) is 0.932. The van der Waals surface area contributed by atoms with Gasteiger partial charge >= 0.3 is 6.18 Å². The Morgan fingerprint density at radius 1 is 1.32 bits per heavy atom. The second kappa shape index (κ2) is 5.91. The van der Waals surface area contributed by atoms with Gasteiger partial charge in [0.15, 0.2) is 0 Å². The van der Waals surface area contributed by atoms with Crippen molar-refractivity contribution >= 4 is 5.91 Å². The first-order valence-corrected chi connectivity index (χ1v) is 7.24. The molecule has 22 heavy (non-hydrogen) atoms. The molecule has 0 unspecified atom stereocenters. The number of nitrogens with zero attached hydrogens (tertiary/aromatic N) is 1. The maximum Gasteiger partial charge on any atom is 0.416 e. The minimum Gasteiger partial charge on any atom is -0.390 e. The summed E-state index contributed by atoms with van der Waals surface area (Å²) in [6, 6.07) is 5.15. The molecule has 2 rings (SSSR count). The van der Waals surface area contributed by atoms with E-state index in [-0.39, 0.29) is 23.8 Å². The van der Waals surface area contributed by atoms with Crippen LogP contribution in [0.4, 0.5) is 13.2 Å². The minimum absolute atomic E-state index is 0.00768. The van der Waals surface area contributed by atoms with Gasteiger partial charge in [-0.1, -0.05) is 18.2 Å². The maximum absolute atomic E-state index is 12.9. The number of carbonyl (C=O) groups excluding carboxylic acids is 1. The van der Waals surface area contributed by atoms with Crippen LogP contribution in [-0.4, -0.2) is 34.6 Å². The summed E-state index contributed by atoms with van der Waals surface area (Å²) in [6.07, 6.45) is -4.07. The lowest BCUT2D eigenvalue weighted by Crippen LogP contribution is -2.36. The van der Waals surface area contributed by atoms with Crippen molar-refractivity contribution in [2.24, 2.45) is 5.92 Å². The number of alkyl halides is 3. The van der Waals surface area contributed by atoms with E-state index < -0.39 is 17.3 Å². The van der Waals surface area contributed by atoms with E-state index >= 15 is 0 Å². The zero-order valence-electron chi connectivity index (χ0n) is 12.7. The molecular weight excluding hydrogens is 295 g/mol. The van der Waals surface area contributed by atoms with E-state index in [9.17, 15) is 23.1 Å². The van der Waals surface area contributed by atoms with Gasteiger partial charge in [0.1, 0.15) is 0 Å². The molecule has 1 aliphatic rings. The first-order chi connectivity index (χ1) is 10.1. The molecule has 0 bridgehead atoms. The Bertz CT molecular complexity index is 549. The van der Waals surface area contributed by atoms with Gasteiger partial charge in [0.2, 0.25) is 5.91 Å². The predicted octanol–water partition coefficient (Wildman–Crippen LogP) is 2.87. The molecule has 0 saturated carbocycles. The average molecular weight is 315 g/mol. The van der Waals surface area contributed by atoms with Crippen molar-refractivity contribution < 1.29 is 23.1 Å². The standard InChI is InChI=1S/C16H20F3NO2/c1-15(2,22)12-7-8-20(10-12)14(21)9-11-5-3-4-6-13(11)16(17,18)19/h3-6,12,22H,7-10H2,1-2H3/t12-/m0/s1. The summed E-state index contributed by atoms with van der Waals surface area (Å²) < 4.78 is 38.8. The largest absolute Gasteiger partial charge is 0.416 e. The number of carbonyl (C=O) groups is 1. The fourth-order valence-corrected chi connectivity index (χ4v) is 2.79. The van der Waals surface area contributed by atoms with Crippen LogP contribution >= 0.6 is 0 Å². The summed E-state index contributed by atoms with van der Waals surface area (Å²) >= 11 is 0. The molecule has 1 N–H and O–H groups in total. The van der Waals surface area contributed by atoms with E-state index in [1.807, 2.05) is 0 Å². The molecule has 1 saturated heterocycles. The fraction of sp³-hybridized carbons (Fsp3) is 0.562. The van der Waals surface area contributed by atoms with Gasteiger partial charge in [-0.25, -0.2) is 0 Å². The van der Waals surface area contributed by atoms with Crippen molar-refractivity contribution in [1.82, 2.24) is 4.90 Å². The maximum atomic E-state index is 12.9. The predicted molar refractivity (Wildman–Crippen MR) is 76.1 cm³/mol. The van der Waals surface area contributed by atoms with E-state index in [0.717, 1.165) is 6.07 Å². The third kappa shape index (κ3) is 3.80. The lowest BCUT2D eigenvalue weighted by molar-refractivity contribution is -0.138. The average Bonchev–Trinajstić information content (AvgIpc) is 2.87. The summed E-state index contributed by atoms with van der Waals surface area (Å²) in [5, 5.41) is 9.97. The smallest absolute Gasteiger partial charge is 0.390 e. The topological polar surface area (TPSA) is 40.5 Å². The molecule has 1 aromatic carbocycles. The first-order valence-electron chi connectivity index (χ1n) is 7.24. The van der Waals surface area contributed by atoms with Crippen LogP contribution in [-0.2, 0) is 17.4 Å². The fourth-order valence-electron chi connectivity index (χ4n) is 2.79. The molecule has 1 aromatic rings. The van der Waals surface area contributed by atoms with E-state index in [2.05, 4.69) is 0 Å². The first kappa shape index (κ1) is 16.8. The number of hydrogen-bond acceptors (Lipinski definition) is 2. The van der Waals surface area contributed by atoms with Crippen molar-refractivity contribution in [3.05, 3.63) is 35.4 Å². The summed E-state index contributed by atoms with van der Waals surface area (Å²) in [7, 11) is 0. The van der Waals surface area contributed by atoms with Crippen LogP contribution in [0, 0.1) is 5.92 Å². The summed E-state index contributed by atoms with van der Waals surface area (Å²) in [5.41, 5.74) is -1.66. The van der Waals surface area contributed by atoms with Gasteiger partial charge < -0.3 is 10.0 Å². The van der Waals surface area contributed by atoms with Crippen molar-refractivity contribution in [1.29, 1.82) is 0 Å². The number of benzene rings is 1. The molecule has 1 atom stereocenters. The highest BCUT2D eigenvalue weighted by Gasteiger charge is 2.37. The Morgan fingerprint density at radius 3 is 2.50 bits per heavy atom. The molecule has 0 spiro atoms. The van der Waals surface area contributed by atoms with Crippen LogP contribution in [0.2, 0.25) is 0 Å². The Morgan fingerprint density at radius 2 is 1.95 bits per heavy atom. The normalized spacial score (nSPS) is 19.5. The molecule has 122 valence electrons. The van der Waals surface area contributed by atoms with Gasteiger partial charge in [0.05, 0.1) is 17.6 Å². The highest BCUT2D eigenvalue weighted by Crippen LogP contribution is 2.33. The molecule has 1 amide bonds. The SMILES string of the molecule is CC(C)(O)[C@H]1CCN(C(=O)Cc2ccccc2C(F)(F)F)C1. The molecule has 3 nitrogen and oxygen atoms in total. The van der Waals surface area contributed by atoms with Gasteiger partial charge in [-0.05, 0) is 31.9 Å². The van der Waals surface area contributed by atoms with Crippen LogP contribution in [0.15, 0.2) is 24.3 Å². The number of halogens is 3. The van der Waals surface area contributed by atoms with Crippen LogP contribution in [0.25, 0.3) is 0 Å². The molecule has 0 aliphatic carbocycles. The van der Waals surface area contributed by atoms with E-state index in [0.29, 0.717) is 19.5 Å². The second-order valence-corrected chi connectivity index (χ2v) is 6.31. The lowest BCUT2D eigenvalue weighted by atomic mass is 9.90. The molecular formula is C16H20F3NO2. The highest BCUT2D eigenvalue weighted by molar-refractivity contribution is 5.79. The number of aliphatic hydroxyl groups is 1. The molecule has 1 aliphatic heterocycles. The zero-order valence-corrected chi connectivity index (χ0v) is 12.7. The van der Waals surface area contributed by atoms with Gasteiger partial charge in [0, 0.05) is 19.0 Å². The van der Waals surface area contributed by atoms with E-state index in [1.165, 1.54) is 23.1 Å². The number of rotatable bonds is 3. The Balaban J connectivity index is 2.08. The summed E-state index contributed by atoms with van der Waals surface area (Å²) in [4.78, 5) is 13.8. The van der Waals surface area contributed by atoms with Crippen LogP contribution in [0.1, 0.15) is 31.4 Å². The van der Waals surface area contributed by atoms with Crippen molar-refractivity contribution in [3.63, 3.8) is 0 Å². The van der Waals surface area contributed by atoms with Crippen LogP contribution < -0.4 is 0 Å². The highest BCUT2D eigenvalue weighted by atomic mass is 19.4. The zero-order chi connectivity index (χ0) is 16.5. The van der Waals surface area contributed by atoms with E-state index in [4.69, 9.17) is 0 Å². The number of amides is 1. The van der Waals surface area contributed by atoms with Crippen LogP contribution in [0.3, 0.4) is 0 Å². The van der Waals surface area contributed by atoms with Gasteiger partial charge in [-0.2, -0.15) is 13.2 Å². The lowest BCUT2D eigenvalue weighted by Gasteiger charge is -2.25. The third-order valence-corrected chi connectivity index (χ3v) is 4.20. The summed E-state index contributed by atoms with van der Waals surface area (Å²) in [6.45, 7) is 4.23. The van der Waals surface area contributed by atoms with Crippen molar-refractivity contribution in [3.8, 4) is 0 Å². The van der Waals surface area contributed by atoms with Gasteiger partial charge in [-0.3, -0.25) is 4.79 Å². The monoisotopic (exact) mass is 315 g/mol. The molecule has 0 radical (unpaired) electrons. The van der Waals surface area contributed by atoms with Gasteiger partial charge in [0.25, 0.3) is 0 Å². The van der Waals surface area contributed by atoms with Crippen molar-refractivity contribution in [2.75, 3.05) is 13.1 Å². The minimum atomic E-state index is -4.46. The third-order valence-electron chi connectivity index (χ3n) is 4.20. The van der Waals surface area contributed by atoms with Crippen molar-refractivity contribution in [2.45, 2.75) is 38.5 Å². The Labute approximate surface area is 127 Å². The molecule has 6 heteroatoms. The molecule has 0 aromatic heterocycles. The summed E-state index contributed by atoms with van der Waals surface area (Å²) in [5.74, 6) is -0.377. The Kier molecular flexibility index (Phi) is 4.52.